The smallest absolute Gasteiger partial charge is 0.110 e. The normalized spacial score (nSPS) is 8.00. The summed E-state index contributed by atoms with van der Waals surface area (Å²) in [5.41, 5.74) is 5.32. The standard InChI is InChI=1S/C6H6N2S.ClH/c7-3-5-1-2-6(4-8)9-5;/h1-2H,3,7H2;1H/p-1. The minimum absolute atomic E-state index is 0. The van der Waals surface area contributed by atoms with E-state index >= 15 is 0 Å². The predicted molar refractivity (Wildman–Crippen MR) is 36.9 cm³/mol. The quantitative estimate of drug-likeness (QED) is 0.539. The van der Waals surface area contributed by atoms with E-state index in [1.807, 2.05) is 12.1 Å². The SMILES string of the molecule is N#Cc1ccc(CN)s1.[Cl-]. The zero-order valence-corrected chi connectivity index (χ0v) is 6.75. The molecule has 2 nitrogen and oxygen atoms in total. The maximum Gasteiger partial charge on any atom is 0.110 e. The maximum absolute atomic E-state index is 8.37. The van der Waals surface area contributed by atoms with Crippen molar-refractivity contribution in [2.24, 2.45) is 5.73 Å². The average molecular weight is 174 g/mol. The summed E-state index contributed by atoms with van der Waals surface area (Å²) in [5.74, 6) is 0. The molecule has 0 aliphatic heterocycles. The number of nitrogens with two attached hydrogens (primary N) is 1. The Labute approximate surface area is 69.7 Å². The van der Waals surface area contributed by atoms with Crippen LogP contribution in [-0.2, 0) is 6.54 Å². The van der Waals surface area contributed by atoms with Gasteiger partial charge in [0.05, 0.1) is 0 Å². The third-order valence-corrected chi connectivity index (χ3v) is 1.99. The molecule has 0 aromatic carbocycles. The molecular weight excluding hydrogens is 168 g/mol. The van der Waals surface area contributed by atoms with Gasteiger partial charge in [-0.1, -0.05) is 0 Å². The minimum Gasteiger partial charge on any atom is -1.00 e. The predicted octanol–water partition coefficient (Wildman–Crippen LogP) is -1.92. The Bertz CT molecular complexity index is 238. The highest BCUT2D eigenvalue weighted by atomic mass is 35.5. The van der Waals surface area contributed by atoms with Crippen molar-refractivity contribution in [1.82, 2.24) is 0 Å². The Balaban J connectivity index is 0.000000810. The van der Waals surface area contributed by atoms with Crippen molar-refractivity contribution in [1.29, 1.82) is 5.26 Å². The average Bonchev–Trinajstić information content (AvgIpc) is 2.34. The van der Waals surface area contributed by atoms with Crippen LogP contribution in [0.2, 0.25) is 0 Å². The molecule has 0 saturated heterocycles. The molecule has 0 spiro atoms. The number of thiophene rings is 1. The molecular formula is C6H6ClN2S-. The van der Waals surface area contributed by atoms with Crippen LogP contribution in [0.3, 0.4) is 0 Å². The van der Waals surface area contributed by atoms with E-state index in [9.17, 15) is 0 Å². The Morgan fingerprint density at radius 1 is 1.60 bits per heavy atom. The molecule has 54 valence electrons. The largest absolute Gasteiger partial charge is 1.00 e. The fourth-order valence-corrected chi connectivity index (χ4v) is 1.23. The second-order valence-corrected chi connectivity index (χ2v) is 2.75. The summed E-state index contributed by atoms with van der Waals surface area (Å²) in [7, 11) is 0. The van der Waals surface area contributed by atoms with Crippen LogP contribution in [0.1, 0.15) is 9.75 Å². The molecule has 1 heterocycles. The zero-order chi connectivity index (χ0) is 6.69. The van der Waals surface area contributed by atoms with Crippen LogP contribution in [-0.4, -0.2) is 0 Å². The van der Waals surface area contributed by atoms with Crippen LogP contribution in [0.15, 0.2) is 12.1 Å². The van der Waals surface area contributed by atoms with E-state index in [-0.39, 0.29) is 12.4 Å². The van der Waals surface area contributed by atoms with Gasteiger partial charge in [-0.3, -0.25) is 0 Å². The molecule has 0 aliphatic rings. The number of halogens is 1. The van der Waals surface area contributed by atoms with Gasteiger partial charge < -0.3 is 18.1 Å². The number of hydrogen-bond donors (Lipinski definition) is 1. The van der Waals surface area contributed by atoms with Gasteiger partial charge in [-0.2, -0.15) is 5.26 Å². The molecule has 0 atom stereocenters. The Morgan fingerprint density at radius 3 is 2.60 bits per heavy atom. The van der Waals surface area contributed by atoms with Crippen molar-refractivity contribution in [2.75, 3.05) is 0 Å². The van der Waals surface area contributed by atoms with E-state index in [1.165, 1.54) is 11.3 Å². The summed E-state index contributed by atoms with van der Waals surface area (Å²) in [6.45, 7) is 0.534. The van der Waals surface area contributed by atoms with Crippen molar-refractivity contribution in [3.63, 3.8) is 0 Å². The van der Waals surface area contributed by atoms with E-state index < -0.39 is 0 Å². The van der Waals surface area contributed by atoms with Gasteiger partial charge in [0.2, 0.25) is 0 Å². The Morgan fingerprint density at radius 2 is 2.30 bits per heavy atom. The zero-order valence-electron chi connectivity index (χ0n) is 5.17. The lowest BCUT2D eigenvalue weighted by atomic mass is 10.4. The van der Waals surface area contributed by atoms with Gasteiger partial charge >= 0.3 is 0 Å². The van der Waals surface area contributed by atoms with Crippen molar-refractivity contribution in [3.05, 3.63) is 21.9 Å². The first-order chi connectivity index (χ1) is 4.36. The van der Waals surface area contributed by atoms with Crippen molar-refractivity contribution >= 4 is 11.3 Å². The molecule has 0 bridgehead atoms. The third kappa shape index (κ3) is 1.99. The molecule has 2 N–H and O–H groups in total. The van der Waals surface area contributed by atoms with Gasteiger partial charge in [-0.15, -0.1) is 11.3 Å². The summed E-state index contributed by atoms with van der Waals surface area (Å²) in [6.07, 6.45) is 0. The second-order valence-electron chi connectivity index (χ2n) is 1.58. The van der Waals surface area contributed by atoms with Crippen LogP contribution in [0, 0.1) is 11.3 Å². The fraction of sp³-hybridized carbons (Fsp3) is 0.167. The Kier molecular flexibility index (Phi) is 4.05. The third-order valence-electron chi connectivity index (χ3n) is 0.973. The summed E-state index contributed by atoms with van der Waals surface area (Å²) in [5, 5.41) is 8.37. The number of rotatable bonds is 1. The van der Waals surface area contributed by atoms with E-state index in [0.717, 1.165) is 9.75 Å². The molecule has 1 aromatic rings. The van der Waals surface area contributed by atoms with Gasteiger partial charge in [-0.05, 0) is 12.1 Å². The Hall–Kier alpha value is -0.560. The molecule has 0 amide bonds. The van der Waals surface area contributed by atoms with Crippen LogP contribution in [0.5, 0.6) is 0 Å². The van der Waals surface area contributed by atoms with E-state index in [4.69, 9.17) is 11.0 Å². The van der Waals surface area contributed by atoms with Crippen molar-refractivity contribution in [2.45, 2.75) is 6.54 Å². The van der Waals surface area contributed by atoms with Gasteiger partial charge in [-0.25, -0.2) is 0 Å². The lowest BCUT2D eigenvalue weighted by Crippen LogP contribution is -3.00. The summed E-state index contributed by atoms with van der Waals surface area (Å²) in [4.78, 5) is 1.79. The van der Waals surface area contributed by atoms with Crippen LogP contribution in [0.4, 0.5) is 0 Å². The molecule has 0 saturated carbocycles. The summed E-state index contributed by atoms with van der Waals surface area (Å²) in [6, 6.07) is 5.71. The van der Waals surface area contributed by atoms with Gasteiger partial charge in [0, 0.05) is 11.4 Å². The first-order valence-corrected chi connectivity index (χ1v) is 3.37. The molecule has 1 aromatic heterocycles. The van der Waals surface area contributed by atoms with Gasteiger partial charge in [0.15, 0.2) is 0 Å². The van der Waals surface area contributed by atoms with Gasteiger partial charge in [0.1, 0.15) is 10.9 Å². The number of nitrogens with zero attached hydrogens (tertiary/aromatic N) is 1. The van der Waals surface area contributed by atoms with Crippen LogP contribution >= 0.6 is 11.3 Å². The first-order valence-electron chi connectivity index (χ1n) is 2.55. The molecule has 4 heteroatoms. The highest BCUT2D eigenvalue weighted by molar-refractivity contribution is 7.12. The monoisotopic (exact) mass is 173 g/mol. The maximum atomic E-state index is 8.37. The number of nitriles is 1. The van der Waals surface area contributed by atoms with Crippen molar-refractivity contribution < 1.29 is 12.4 Å². The van der Waals surface area contributed by atoms with Crippen molar-refractivity contribution in [3.8, 4) is 6.07 Å². The molecule has 0 fully saturated rings. The highest BCUT2D eigenvalue weighted by Gasteiger charge is 1.94. The molecule has 10 heavy (non-hydrogen) atoms. The van der Waals surface area contributed by atoms with E-state index in [0.29, 0.717) is 6.54 Å². The minimum atomic E-state index is 0. The lowest BCUT2D eigenvalue weighted by Gasteiger charge is -1.80. The highest BCUT2D eigenvalue weighted by Crippen LogP contribution is 2.13. The van der Waals surface area contributed by atoms with E-state index in [2.05, 4.69) is 0 Å². The molecule has 0 unspecified atom stereocenters. The fourth-order valence-electron chi connectivity index (χ4n) is 0.548. The van der Waals surface area contributed by atoms with E-state index in [1.54, 1.807) is 6.07 Å². The second kappa shape index (κ2) is 4.29. The topological polar surface area (TPSA) is 49.8 Å². The summed E-state index contributed by atoms with van der Waals surface area (Å²) < 4.78 is 0. The molecule has 0 radical (unpaired) electrons. The van der Waals surface area contributed by atoms with Crippen LogP contribution in [0.25, 0.3) is 0 Å². The van der Waals surface area contributed by atoms with Gasteiger partial charge in [0.25, 0.3) is 0 Å². The lowest BCUT2D eigenvalue weighted by molar-refractivity contribution is -0.00000207. The van der Waals surface area contributed by atoms with Crippen LogP contribution < -0.4 is 18.1 Å². The molecule has 0 aliphatic carbocycles. The first kappa shape index (κ1) is 9.44. The molecule has 1 rings (SSSR count). The summed E-state index contributed by atoms with van der Waals surface area (Å²) >= 11 is 1.45. The number of hydrogen-bond acceptors (Lipinski definition) is 3.